The molecule has 2 N–H and O–H groups in total. The van der Waals surface area contributed by atoms with Crippen LogP contribution in [0, 0.1) is 0 Å². The maximum Gasteiger partial charge on any atom is 0.223 e. The van der Waals surface area contributed by atoms with Crippen molar-refractivity contribution in [1.82, 2.24) is 9.97 Å². The molecular formula is C16H20ClN5O. The highest BCUT2D eigenvalue weighted by Crippen LogP contribution is 2.20. The largest absolute Gasteiger partial charge is 0.378 e. The van der Waals surface area contributed by atoms with Crippen molar-refractivity contribution in [1.29, 1.82) is 0 Å². The molecule has 0 saturated carbocycles. The summed E-state index contributed by atoms with van der Waals surface area (Å²) in [7, 11) is 1.95. The number of nitrogen functional groups attached to an aromatic ring is 1. The zero-order valence-corrected chi connectivity index (χ0v) is 13.8. The second kappa shape index (κ2) is 7.02. The van der Waals surface area contributed by atoms with Crippen LogP contribution in [0.15, 0.2) is 30.3 Å². The fourth-order valence-corrected chi connectivity index (χ4v) is 2.79. The van der Waals surface area contributed by atoms with E-state index in [1.165, 1.54) is 11.3 Å². The van der Waals surface area contributed by atoms with Gasteiger partial charge in [0.05, 0.1) is 13.2 Å². The second-order valence-corrected chi connectivity index (χ2v) is 5.92. The molecule has 23 heavy (non-hydrogen) atoms. The van der Waals surface area contributed by atoms with Gasteiger partial charge in [-0.25, -0.2) is 4.98 Å². The highest BCUT2D eigenvalue weighted by atomic mass is 35.5. The third-order valence-corrected chi connectivity index (χ3v) is 4.02. The van der Waals surface area contributed by atoms with Crippen LogP contribution in [0.25, 0.3) is 0 Å². The molecule has 0 bridgehead atoms. The molecule has 0 amide bonds. The van der Waals surface area contributed by atoms with E-state index in [4.69, 9.17) is 22.1 Å². The van der Waals surface area contributed by atoms with Crippen molar-refractivity contribution in [2.45, 2.75) is 6.54 Å². The lowest BCUT2D eigenvalue weighted by atomic mass is 10.2. The van der Waals surface area contributed by atoms with Crippen LogP contribution in [0.1, 0.15) is 5.56 Å². The van der Waals surface area contributed by atoms with Crippen molar-refractivity contribution in [3.8, 4) is 0 Å². The topological polar surface area (TPSA) is 67.5 Å². The number of aromatic nitrogens is 2. The molecule has 3 rings (SSSR count). The molecule has 0 spiro atoms. The van der Waals surface area contributed by atoms with E-state index in [0.29, 0.717) is 11.0 Å². The Balaban J connectivity index is 1.67. The van der Waals surface area contributed by atoms with Gasteiger partial charge in [-0.2, -0.15) is 4.98 Å². The van der Waals surface area contributed by atoms with Crippen LogP contribution in [-0.2, 0) is 11.3 Å². The SMILES string of the molecule is CN(Cc1ccc(N2CCOCC2)cc1)c1cc(Cl)nc(N)n1. The third kappa shape index (κ3) is 4.03. The minimum Gasteiger partial charge on any atom is -0.378 e. The molecule has 0 atom stereocenters. The number of nitrogens with zero attached hydrogens (tertiary/aromatic N) is 4. The van der Waals surface area contributed by atoms with E-state index in [9.17, 15) is 0 Å². The Morgan fingerprint density at radius 2 is 1.91 bits per heavy atom. The van der Waals surface area contributed by atoms with Crippen LogP contribution in [0.3, 0.4) is 0 Å². The maximum absolute atomic E-state index is 5.93. The number of ether oxygens (including phenoxy) is 1. The minimum absolute atomic E-state index is 0.182. The molecule has 1 aliphatic rings. The fourth-order valence-electron chi connectivity index (χ4n) is 2.61. The summed E-state index contributed by atoms with van der Waals surface area (Å²) in [6, 6.07) is 10.3. The van der Waals surface area contributed by atoms with Crippen molar-refractivity contribution >= 4 is 29.1 Å². The normalized spacial score (nSPS) is 14.8. The summed E-state index contributed by atoms with van der Waals surface area (Å²) in [5.41, 5.74) is 8.07. The molecular weight excluding hydrogens is 314 g/mol. The molecule has 122 valence electrons. The van der Waals surface area contributed by atoms with E-state index < -0.39 is 0 Å². The molecule has 0 unspecified atom stereocenters. The Bertz CT molecular complexity index is 638. The molecule has 0 radical (unpaired) electrons. The van der Waals surface area contributed by atoms with Crippen LogP contribution in [0.2, 0.25) is 5.15 Å². The van der Waals surface area contributed by atoms with Gasteiger partial charge in [-0.1, -0.05) is 23.7 Å². The molecule has 6 nitrogen and oxygen atoms in total. The van der Waals surface area contributed by atoms with Gasteiger partial charge < -0.3 is 20.3 Å². The summed E-state index contributed by atoms with van der Waals surface area (Å²) in [6.07, 6.45) is 0. The molecule has 1 aromatic heterocycles. The summed E-state index contributed by atoms with van der Waals surface area (Å²) in [6.45, 7) is 4.19. The summed E-state index contributed by atoms with van der Waals surface area (Å²) < 4.78 is 5.38. The molecule has 1 aliphatic heterocycles. The van der Waals surface area contributed by atoms with Crippen LogP contribution >= 0.6 is 11.6 Å². The average Bonchev–Trinajstić information content (AvgIpc) is 2.55. The Kier molecular flexibility index (Phi) is 4.83. The summed E-state index contributed by atoms with van der Waals surface area (Å²) in [5.74, 6) is 0.891. The molecule has 1 aromatic carbocycles. The lowest BCUT2D eigenvalue weighted by molar-refractivity contribution is 0.122. The third-order valence-electron chi connectivity index (χ3n) is 3.82. The molecule has 1 fully saturated rings. The van der Waals surface area contributed by atoms with E-state index in [1.807, 2.05) is 11.9 Å². The van der Waals surface area contributed by atoms with Crippen molar-refractivity contribution in [3.63, 3.8) is 0 Å². The highest BCUT2D eigenvalue weighted by molar-refractivity contribution is 6.29. The number of anilines is 3. The summed E-state index contributed by atoms with van der Waals surface area (Å²) in [5, 5.41) is 0.349. The summed E-state index contributed by atoms with van der Waals surface area (Å²) >= 11 is 5.93. The van der Waals surface area contributed by atoms with Gasteiger partial charge in [-0.3, -0.25) is 0 Å². The monoisotopic (exact) mass is 333 g/mol. The fraction of sp³-hybridized carbons (Fsp3) is 0.375. The number of hydrogen-bond acceptors (Lipinski definition) is 6. The van der Waals surface area contributed by atoms with Crippen LogP contribution in [-0.4, -0.2) is 43.3 Å². The van der Waals surface area contributed by atoms with Crippen LogP contribution < -0.4 is 15.5 Å². The highest BCUT2D eigenvalue weighted by Gasteiger charge is 2.11. The maximum atomic E-state index is 5.93. The first-order chi connectivity index (χ1) is 11.1. The molecule has 7 heteroatoms. The molecule has 2 aromatic rings. The zero-order chi connectivity index (χ0) is 16.2. The molecule has 2 heterocycles. The van der Waals surface area contributed by atoms with Gasteiger partial charge in [0.2, 0.25) is 5.95 Å². The van der Waals surface area contributed by atoms with Gasteiger partial charge in [-0.05, 0) is 17.7 Å². The van der Waals surface area contributed by atoms with Gasteiger partial charge >= 0.3 is 0 Å². The van der Waals surface area contributed by atoms with Crippen LogP contribution in [0.4, 0.5) is 17.5 Å². The Labute approximate surface area is 140 Å². The quantitative estimate of drug-likeness (QED) is 0.865. The Hall–Kier alpha value is -2.05. The van der Waals surface area contributed by atoms with E-state index in [0.717, 1.165) is 32.8 Å². The van der Waals surface area contributed by atoms with Gasteiger partial charge in [0, 0.05) is 38.4 Å². The van der Waals surface area contributed by atoms with Crippen molar-refractivity contribution in [2.24, 2.45) is 0 Å². The standard InChI is InChI=1S/C16H20ClN5O/c1-21(15-10-14(17)19-16(18)20-15)11-12-2-4-13(5-3-12)22-6-8-23-9-7-22/h2-5,10H,6-9,11H2,1H3,(H2,18,19,20). The van der Waals surface area contributed by atoms with Gasteiger partial charge in [0.1, 0.15) is 11.0 Å². The van der Waals surface area contributed by atoms with Gasteiger partial charge in [0.25, 0.3) is 0 Å². The predicted molar refractivity (Wildman–Crippen MR) is 93.0 cm³/mol. The van der Waals surface area contributed by atoms with E-state index >= 15 is 0 Å². The van der Waals surface area contributed by atoms with Crippen molar-refractivity contribution < 1.29 is 4.74 Å². The van der Waals surface area contributed by atoms with Crippen molar-refractivity contribution in [3.05, 3.63) is 41.0 Å². The minimum atomic E-state index is 0.182. The first-order valence-electron chi connectivity index (χ1n) is 7.54. The zero-order valence-electron chi connectivity index (χ0n) is 13.1. The van der Waals surface area contributed by atoms with E-state index in [-0.39, 0.29) is 5.95 Å². The lowest BCUT2D eigenvalue weighted by Gasteiger charge is -2.29. The number of hydrogen-bond donors (Lipinski definition) is 1. The number of halogens is 1. The van der Waals surface area contributed by atoms with E-state index in [2.05, 4.69) is 39.1 Å². The average molecular weight is 334 g/mol. The number of benzene rings is 1. The Morgan fingerprint density at radius 3 is 2.57 bits per heavy atom. The number of rotatable bonds is 4. The van der Waals surface area contributed by atoms with Crippen LogP contribution in [0.5, 0.6) is 0 Å². The summed E-state index contributed by atoms with van der Waals surface area (Å²) in [4.78, 5) is 12.4. The molecule has 1 saturated heterocycles. The smallest absolute Gasteiger partial charge is 0.223 e. The first-order valence-corrected chi connectivity index (χ1v) is 7.92. The Morgan fingerprint density at radius 1 is 1.22 bits per heavy atom. The van der Waals surface area contributed by atoms with Gasteiger partial charge in [-0.15, -0.1) is 0 Å². The number of nitrogens with two attached hydrogens (primary N) is 1. The lowest BCUT2D eigenvalue weighted by Crippen LogP contribution is -2.36. The van der Waals surface area contributed by atoms with E-state index in [1.54, 1.807) is 6.07 Å². The second-order valence-electron chi connectivity index (χ2n) is 5.53. The van der Waals surface area contributed by atoms with Gasteiger partial charge in [0.15, 0.2) is 0 Å². The number of morpholine rings is 1. The van der Waals surface area contributed by atoms with Crippen molar-refractivity contribution in [2.75, 3.05) is 48.9 Å². The first kappa shape index (κ1) is 15.8. The predicted octanol–water partition coefficient (Wildman–Crippen LogP) is 2.19. The molecule has 0 aliphatic carbocycles.